The van der Waals surface area contributed by atoms with Crippen LogP contribution in [0.3, 0.4) is 0 Å². The Kier molecular flexibility index (Phi) is 5.06. The molecule has 4 heteroatoms. The van der Waals surface area contributed by atoms with Gasteiger partial charge in [-0.2, -0.15) is 0 Å². The molecule has 0 radical (unpaired) electrons. The molecule has 0 heterocycles. The van der Waals surface area contributed by atoms with Gasteiger partial charge in [-0.05, 0) is 54.7 Å². The van der Waals surface area contributed by atoms with E-state index in [1.807, 2.05) is 12.1 Å². The summed E-state index contributed by atoms with van der Waals surface area (Å²) in [5.74, 6) is 5.70. The van der Waals surface area contributed by atoms with Gasteiger partial charge >= 0.3 is 0 Å². The predicted molar refractivity (Wildman–Crippen MR) is 86.1 cm³/mol. The van der Waals surface area contributed by atoms with Crippen LogP contribution in [0.25, 0.3) is 0 Å². The van der Waals surface area contributed by atoms with Crippen LogP contribution in [-0.4, -0.2) is 0 Å². The molecule has 1 unspecified atom stereocenters. The highest BCUT2D eigenvalue weighted by Crippen LogP contribution is 2.26. The highest BCUT2D eigenvalue weighted by molar-refractivity contribution is 6.35. The van der Waals surface area contributed by atoms with Crippen LogP contribution < -0.4 is 11.3 Å². The second-order valence-electron chi connectivity index (χ2n) is 5.00. The zero-order chi connectivity index (χ0) is 14.7. The van der Waals surface area contributed by atoms with Gasteiger partial charge in [0.05, 0.1) is 6.04 Å². The normalized spacial score (nSPS) is 12.4. The van der Waals surface area contributed by atoms with Gasteiger partial charge in [-0.1, -0.05) is 47.5 Å². The molecule has 0 aliphatic heterocycles. The molecule has 2 nitrogen and oxygen atoms in total. The van der Waals surface area contributed by atoms with E-state index in [-0.39, 0.29) is 6.04 Å². The van der Waals surface area contributed by atoms with Gasteiger partial charge in [0.15, 0.2) is 0 Å². The van der Waals surface area contributed by atoms with Crippen LogP contribution in [0, 0.1) is 13.8 Å². The van der Waals surface area contributed by atoms with Gasteiger partial charge in [0.2, 0.25) is 0 Å². The Morgan fingerprint density at radius 2 is 1.80 bits per heavy atom. The van der Waals surface area contributed by atoms with E-state index in [0.717, 1.165) is 17.5 Å². The lowest BCUT2D eigenvalue weighted by atomic mass is 9.96. The third kappa shape index (κ3) is 3.53. The first kappa shape index (κ1) is 15.3. The molecule has 0 fully saturated rings. The Morgan fingerprint density at radius 3 is 2.40 bits per heavy atom. The number of aryl methyl sites for hydroxylation is 2. The molecule has 106 valence electrons. The second kappa shape index (κ2) is 6.59. The summed E-state index contributed by atoms with van der Waals surface area (Å²) in [6, 6.07) is 11.9. The van der Waals surface area contributed by atoms with Crippen molar-refractivity contribution >= 4 is 23.2 Å². The Bertz CT molecular complexity index is 611. The molecule has 0 spiro atoms. The summed E-state index contributed by atoms with van der Waals surface area (Å²) in [5.41, 5.74) is 7.57. The van der Waals surface area contributed by atoms with Gasteiger partial charge in [-0.15, -0.1) is 0 Å². The summed E-state index contributed by atoms with van der Waals surface area (Å²) in [6.45, 7) is 4.20. The van der Waals surface area contributed by atoms with Crippen molar-refractivity contribution in [1.82, 2.24) is 5.43 Å². The van der Waals surface area contributed by atoms with Crippen LogP contribution >= 0.6 is 23.2 Å². The summed E-state index contributed by atoms with van der Waals surface area (Å²) in [7, 11) is 0. The van der Waals surface area contributed by atoms with Gasteiger partial charge in [0.1, 0.15) is 0 Å². The Hall–Kier alpha value is -1.06. The van der Waals surface area contributed by atoms with Crippen LogP contribution in [0.15, 0.2) is 36.4 Å². The number of nitrogens with two attached hydrogens (primary N) is 1. The third-order valence-electron chi connectivity index (χ3n) is 3.57. The Balaban J connectivity index is 2.26. The zero-order valence-corrected chi connectivity index (χ0v) is 13.1. The molecule has 2 rings (SSSR count). The van der Waals surface area contributed by atoms with E-state index in [9.17, 15) is 0 Å². The third-order valence-corrected chi connectivity index (χ3v) is 4.16. The van der Waals surface area contributed by atoms with Crippen molar-refractivity contribution < 1.29 is 0 Å². The number of halogens is 2. The minimum absolute atomic E-state index is 0.0213. The van der Waals surface area contributed by atoms with Crippen molar-refractivity contribution in [3.8, 4) is 0 Å². The monoisotopic (exact) mass is 308 g/mol. The van der Waals surface area contributed by atoms with Gasteiger partial charge in [0, 0.05) is 10.0 Å². The first-order valence-electron chi connectivity index (χ1n) is 6.48. The van der Waals surface area contributed by atoms with Crippen LogP contribution in [-0.2, 0) is 6.42 Å². The van der Waals surface area contributed by atoms with Crippen molar-refractivity contribution in [3.63, 3.8) is 0 Å². The van der Waals surface area contributed by atoms with Crippen molar-refractivity contribution in [2.75, 3.05) is 0 Å². The quantitative estimate of drug-likeness (QED) is 0.650. The maximum atomic E-state index is 6.22. The highest BCUT2D eigenvalue weighted by atomic mass is 35.5. The van der Waals surface area contributed by atoms with E-state index in [1.165, 1.54) is 11.1 Å². The molecule has 20 heavy (non-hydrogen) atoms. The standard InChI is InChI=1S/C16H18Cl2N2/c1-10-3-4-13(7-11(10)2)16(20-19)8-12-5-6-14(17)9-15(12)18/h3-7,9,16,20H,8,19H2,1-2H3. The number of hydrazine groups is 1. The summed E-state index contributed by atoms with van der Waals surface area (Å²) in [5, 5.41) is 1.31. The SMILES string of the molecule is Cc1ccc(C(Cc2ccc(Cl)cc2Cl)NN)cc1C. The molecule has 2 aromatic rings. The number of hydrogen-bond acceptors (Lipinski definition) is 2. The smallest absolute Gasteiger partial charge is 0.0500 e. The van der Waals surface area contributed by atoms with E-state index < -0.39 is 0 Å². The molecule has 3 N–H and O–H groups in total. The first-order chi connectivity index (χ1) is 9.51. The van der Waals surface area contributed by atoms with E-state index >= 15 is 0 Å². The summed E-state index contributed by atoms with van der Waals surface area (Å²) >= 11 is 12.1. The van der Waals surface area contributed by atoms with Crippen LogP contribution in [0.1, 0.15) is 28.3 Å². The van der Waals surface area contributed by atoms with Crippen LogP contribution in [0.4, 0.5) is 0 Å². The molecule has 0 saturated carbocycles. The lowest BCUT2D eigenvalue weighted by Gasteiger charge is -2.18. The summed E-state index contributed by atoms with van der Waals surface area (Å²) in [4.78, 5) is 0. The lowest BCUT2D eigenvalue weighted by molar-refractivity contribution is 0.551. The minimum Gasteiger partial charge on any atom is -0.271 e. The maximum Gasteiger partial charge on any atom is 0.0500 e. The number of nitrogens with one attached hydrogen (secondary N) is 1. The lowest BCUT2D eigenvalue weighted by Crippen LogP contribution is -2.29. The average Bonchev–Trinajstić information content (AvgIpc) is 2.41. The molecular weight excluding hydrogens is 291 g/mol. The molecule has 0 saturated heterocycles. The Morgan fingerprint density at radius 1 is 1.05 bits per heavy atom. The topological polar surface area (TPSA) is 38.0 Å². The molecular formula is C16H18Cl2N2. The molecule has 0 amide bonds. The fourth-order valence-corrected chi connectivity index (χ4v) is 2.65. The molecule has 0 aliphatic carbocycles. The van der Waals surface area contributed by atoms with E-state index in [4.69, 9.17) is 29.0 Å². The van der Waals surface area contributed by atoms with E-state index in [2.05, 4.69) is 37.5 Å². The molecule has 0 aromatic heterocycles. The van der Waals surface area contributed by atoms with Crippen molar-refractivity contribution in [3.05, 3.63) is 68.7 Å². The molecule has 2 aromatic carbocycles. The van der Waals surface area contributed by atoms with Crippen molar-refractivity contribution in [2.45, 2.75) is 26.3 Å². The zero-order valence-electron chi connectivity index (χ0n) is 11.6. The van der Waals surface area contributed by atoms with Gasteiger partial charge in [-0.3, -0.25) is 11.3 Å². The van der Waals surface area contributed by atoms with Crippen LogP contribution in [0.5, 0.6) is 0 Å². The van der Waals surface area contributed by atoms with Crippen molar-refractivity contribution in [1.29, 1.82) is 0 Å². The number of hydrogen-bond donors (Lipinski definition) is 2. The number of benzene rings is 2. The average molecular weight is 309 g/mol. The fraction of sp³-hybridized carbons (Fsp3) is 0.250. The number of rotatable bonds is 4. The van der Waals surface area contributed by atoms with Crippen molar-refractivity contribution in [2.24, 2.45) is 5.84 Å². The van der Waals surface area contributed by atoms with Crippen LogP contribution in [0.2, 0.25) is 10.0 Å². The second-order valence-corrected chi connectivity index (χ2v) is 5.85. The van der Waals surface area contributed by atoms with Gasteiger partial charge in [0.25, 0.3) is 0 Å². The molecule has 0 aliphatic rings. The highest BCUT2D eigenvalue weighted by Gasteiger charge is 2.13. The summed E-state index contributed by atoms with van der Waals surface area (Å²) in [6.07, 6.45) is 0.717. The summed E-state index contributed by atoms with van der Waals surface area (Å²) < 4.78 is 0. The Labute approximate surface area is 129 Å². The van der Waals surface area contributed by atoms with E-state index in [0.29, 0.717) is 10.0 Å². The van der Waals surface area contributed by atoms with Gasteiger partial charge < -0.3 is 0 Å². The minimum atomic E-state index is 0.0213. The largest absolute Gasteiger partial charge is 0.271 e. The van der Waals surface area contributed by atoms with Gasteiger partial charge in [-0.25, -0.2) is 0 Å². The predicted octanol–water partition coefficient (Wildman–Crippen LogP) is 4.36. The fourth-order valence-electron chi connectivity index (χ4n) is 2.16. The van der Waals surface area contributed by atoms with E-state index in [1.54, 1.807) is 6.07 Å². The molecule has 0 bridgehead atoms. The first-order valence-corrected chi connectivity index (χ1v) is 7.24. The molecule has 1 atom stereocenters. The maximum absolute atomic E-state index is 6.22.